The number of esters is 1. The molecule has 1 rings (SSSR count). The summed E-state index contributed by atoms with van der Waals surface area (Å²) in [6, 6.07) is 6.39. The highest BCUT2D eigenvalue weighted by atomic mass is 16.5. The third kappa shape index (κ3) is 6.78. The predicted molar refractivity (Wildman–Crippen MR) is 89.8 cm³/mol. The predicted octanol–water partition coefficient (Wildman–Crippen LogP) is 1.69. The molecule has 0 aliphatic heterocycles. The van der Waals surface area contributed by atoms with Crippen molar-refractivity contribution in [3.63, 3.8) is 0 Å². The zero-order valence-corrected chi connectivity index (χ0v) is 14.3. The number of hydrogen-bond acceptors (Lipinski definition) is 5. The van der Waals surface area contributed by atoms with Gasteiger partial charge in [0.15, 0.2) is 0 Å². The Labute approximate surface area is 141 Å². The fourth-order valence-electron chi connectivity index (χ4n) is 2.03. The molecule has 7 nitrogen and oxygen atoms in total. The summed E-state index contributed by atoms with van der Waals surface area (Å²) < 4.78 is 9.84. The van der Waals surface area contributed by atoms with Gasteiger partial charge in [0.25, 0.3) is 0 Å². The number of nitrogens with one attached hydrogen (secondary N) is 1. The number of amides is 2. The molecular formula is C17H24N2O5. The fraction of sp³-hybridized carbons (Fsp3) is 0.471. The smallest absolute Gasteiger partial charge is 0.338 e. The third-order valence-corrected chi connectivity index (χ3v) is 3.24. The first-order chi connectivity index (χ1) is 11.5. The Kier molecular flexibility index (Phi) is 8.49. The average molecular weight is 336 g/mol. The van der Waals surface area contributed by atoms with Crippen LogP contribution in [0.5, 0.6) is 0 Å². The van der Waals surface area contributed by atoms with Gasteiger partial charge in [0.05, 0.1) is 18.7 Å². The second kappa shape index (κ2) is 10.4. The van der Waals surface area contributed by atoms with Gasteiger partial charge in [-0.1, -0.05) is 0 Å². The van der Waals surface area contributed by atoms with E-state index in [-0.39, 0.29) is 18.4 Å². The van der Waals surface area contributed by atoms with E-state index in [9.17, 15) is 14.4 Å². The van der Waals surface area contributed by atoms with Crippen molar-refractivity contribution in [2.45, 2.75) is 20.3 Å². The summed E-state index contributed by atoms with van der Waals surface area (Å²) in [4.78, 5) is 36.6. The van der Waals surface area contributed by atoms with Gasteiger partial charge in [-0.3, -0.25) is 9.59 Å². The van der Waals surface area contributed by atoms with E-state index < -0.39 is 5.97 Å². The summed E-state index contributed by atoms with van der Waals surface area (Å²) in [5, 5.41) is 2.70. The maximum Gasteiger partial charge on any atom is 0.338 e. The Morgan fingerprint density at radius 3 is 2.38 bits per heavy atom. The molecule has 24 heavy (non-hydrogen) atoms. The number of benzene rings is 1. The summed E-state index contributed by atoms with van der Waals surface area (Å²) >= 11 is 0. The molecule has 0 aromatic heterocycles. The van der Waals surface area contributed by atoms with Crippen molar-refractivity contribution < 1.29 is 23.9 Å². The number of hydrogen-bond donors (Lipinski definition) is 1. The Balaban J connectivity index is 2.56. The maximum atomic E-state index is 12.1. The van der Waals surface area contributed by atoms with Crippen molar-refractivity contribution in [2.75, 3.05) is 38.7 Å². The number of nitrogens with zero attached hydrogens (tertiary/aromatic N) is 1. The molecule has 1 aromatic carbocycles. The lowest BCUT2D eigenvalue weighted by Gasteiger charge is -2.20. The van der Waals surface area contributed by atoms with Gasteiger partial charge in [0.2, 0.25) is 11.8 Å². The van der Waals surface area contributed by atoms with Crippen LogP contribution in [0.15, 0.2) is 24.3 Å². The zero-order chi connectivity index (χ0) is 17.9. The van der Waals surface area contributed by atoms with Crippen LogP contribution in [0.1, 0.15) is 30.6 Å². The number of carbonyl (C=O) groups is 3. The minimum Gasteiger partial charge on any atom is -0.462 e. The van der Waals surface area contributed by atoms with E-state index >= 15 is 0 Å². The van der Waals surface area contributed by atoms with Crippen molar-refractivity contribution in [3.05, 3.63) is 29.8 Å². The Morgan fingerprint density at radius 1 is 1.17 bits per heavy atom. The quantitative estimate of drug-likeness (QED) is 0.548. The van der Waals surface area contributed by atoms with E-state index in [1.807, 2.05) is 0 Å². The van der Waals surface area contributed by atoms with Crippen LogP contribution in [0.25, 0.3) is 0 Å². The monoisotopic (exact) mass is 336 g/mol. The van der Waals surface area contributed by atoms with Gasteiger partial charge in [-0.2, -0.15) is 0 Å². The van der Waals surface area contributed by atoms with E-state index in [1.54, 1.807) is 38.3 Å². The number of rotatable bonds is 9. The molecule has 0 bridgehead atoms. The first kappa shape index (κ1) is 19.6. The molecule has 1 N–H and O–H groups in total. The summed E-state index contributed by atoms with van der Waals surface area (Å²) in [6.07, 6.45) is 0.664. The fourth-order valence-corrected chi connectivity index (χ4v) is 2.03. The van der Waals surface area contributed by atoms with Gasteiger partial charge in [0.1, 0.15) is 0 Å². The maximum absolute atomic E-state index is 12.1. The number of carbonyl (C=O) groups excluding carboxylic acids is 3. The first-order valence-electron chi connectivity index (χ1n) is 7.79. The molecule has 0 aliphatic carbocycles. The SMILES string of the molecule is CCOC(=O)c1ccc(NC(=O)CN(CCCOC)C(C)=O)cc1. The van der Waals surface area contributed by atoms with Crippen molar-refractivity contribution in [2.24, 2.45) is 0 Å². The van der Waals surface area contributed by atoms with Crippen molar-refractivity contribution >= 4 is 23.5 Å². The van der Waals surface area contributed by atoms with Crippen LogP contribution in [0.4, 0.5) is 5.69 Å². The lowest BCUT2D eigenvalue weighted by molar-refractivity contribution is -0.132. The van der Waals surface area contributed by atoms with Gasteiger partial charge in [-0.15, -0.1) is 0 Å². The molecule has 132 valence electrons. The van der Waals surface area contributed by atoms with Crippen LogP contribution < -0.4 is 5.32 Å². The summed E-state index contributed by atoms with van der Waals surface area (Å²) in [7, 11) is 1.59. The molecule has 0 saturated heterocycles. The second-order valence-electron chi connectivity index (χ2n) is 5.13. The van der Waals surface area contributed by atoms with Gasteiger partial charge >= 0.3 is 5.97 Å². The van der Waals surface area contributed by atoms with Crippen LogP contribution in [0, 0.1) is 0 Å². The van der Waals surface area contributed by atoms with Crippen molar-refractivity contribution in [1.29, 1.82) is 0 Å². The lowest BCUT2D eigenvalue weighted by atomic mass is 10.2. The Morgan fingerprint density at radius 2 is 1.83 bits per heavy atom. The van der Waals surface area contributed by atoms with Gasteiger partial charge in [0, 0.05) is 32.9 Å². The molecule has 7 heteroatoms. The molecule has 2 amide bonds. The molecule has 0 fully saturated rings. The average Bonchev–Trinajstić information content (AvgIpc) is 2.54. The van der Waals surface area contributed by atoms with Crippen molar-refractivity contribution in [1.82, 2.24) is 4.90 Å². The normalized spacial score (nSPS) is 10.1. The van der Waals surface area contributed by atoms with E-state index in [2.05, 4.69) is 5.32 Å². The Bertz CT molecular complexity index is 557. The van der Waals surface area contributed by atoms with Crippen LogP contribution in [0.3, 0.4) is 0 Å². The topological polar surface area (TPSA) is 84.9 Å². The molecule has 0 spiro atoms. The highest BCUT2D eigenvalue weighted by Gasteiger charge is 2.14. The van der Waals surface area contributed by atoms with Crippen LogP contribution >= 0.6 is 0 Å². The minimum atomic E-state index is -0.406. The number of methoxy groups -OCH3 is 1. The Hall–Kier alpha value is -2.41. The van der Waals surface area contributed by atoms with Crippen LogP contribution in [-0.2, 0) is 19.1 Å². The molecule has 0 saturated carbocycles. The standard InChI is InChI=1S/C17H24N2O5/c1-4-24-17(22)14-6-8-15(9-7-14)18-16(21)12-19(13(2)20)10-5-11-23-3/h6-9H,4-5,10-12H2,1-3H3,(H,18,21). The van der Waals surface area contributed by atoms with Crippen LogP contribution in [0.2, 0.25) is 0 Å². The summed E-state index contributed by atoms with van der Waals surface area (Å²) in [6.45, 7) is 4.42. The molecule has 1 aromatic rings. The van der Waals surface area contributed by atoms with Crippen molar-refractivity contribution in [3.8, 4) is 0 Å². The largest absolute Gasteiger partial charge is 0.462 e. The molecule has 0 aliphatic rings. The van der Waals surface area contributed by atoms with Gasteiger partial charge in [-0.25, -0.2) is 4.79 Å². The summed E-state index contributed by atoms with van der Waals surface area (Å²) in [5.74, 6) is -0.873. The first-order valence-corrected chi connectivity index (χ1v) is 7.79. The third-order valence-electron chi connectivity index (χ3n) is 3.24. The van der Waals surface area contributed by atoms with E-state index in [0.717, 1.165) is 0 Å². The van der Waals surface area contributed by atoms with E-state index in [1.165, 1.54) is 11.8 Å². The molecule has 0 atom stereocenters. The highest BCUT2D eigenvalue weighted by Crippen LogP contribution is 2.11. The van der Waals surface area contributed by atoms with E-state index in [4.69, 9.17) is 9.47 Å². The molecular weight excluding hydrogens is 312 g/mol. The van der Waals surface area contributed by atoms with E-state index in [0.29, 0.717) is 37.4 Å². The molecule has 0 radical (unpaired) electrons. The zero-order valence-electron chi connectivity index (χ0n) is 14.3. The highest BCUT2D eigenvalue weighted by molar-refractivity contribution is 5.95. The number of anilines is 1. The van der Waals surface area contributed by atoms with Gasteiger partial charge in [-0.05, 0) is 37.6 Å². The minimum absolute atomic E-state index is 0.0291. The summed E-state index contributed by atoms with van der Waals surface area (Å²) in [5.41, 5.74) is 0.966. The molecule has 0 unspecified atom stereocenters. The number of ether oxygens (including phenoxy) is 2. The van der Waals surface area contributed by atoms with Gasteiger partial charge < -0.3 is 19.7 Å². The second-order valence-corrected chi connectivity index (χ2v) is 5.13. The lowest BCUT2D eigenvalue weighted by Crippen LogP contribution is -2.37. The molecule has 0 heterocycles. The van der Waals surface area contributed by atoms with Crippen LogP contribution in [-0.4, -0.2) is 56.1 Å².